The van der Waals surface area contributed by atoms with Gasteiger partial charge in [0.05, 0.1) is 16.2 Å². The summed E-state index contributed by atoms with van der Waals surface area (Å²) in [6, 6.07) is 8.41. The molecule has 1 amide bonds. The van der Waals surface area contributed by atoms with E-state index in [-0.39, 0.29) is 16.9 Å². The van der Waals surface area contributed by atoms with Gasteiger partial charge in [-0.2, -0.15) is 0 Å². The number of carbonyl (C=O) groups excluding carboxylic acids is 1. The summed E-state index contributed by atoms with van der Waals surface area (Å²) in [5.41, 5.74) is 1.49. The lowest BCUT2D eigenvalue weighted by atomic mass is 10.1. The number of aromatic carboxylic acids is 1. The molecule has 118 valence electrons. The van der Waals surface area contributed by atoms with Gasteiger partial charge in [-0.3, -0.25) is 14.9 Å². The number of hydrogen-bond donors (Lipinski definition) is 2. The summed E-state index contributed by atoms with van der Waals surface area (Å²) in [5, 5.41) is 22.4. The highest BCUT2D eigenvalue weighted by Crippen LogP contribution is 2.23. The van der Waals surface area contributed by atoms with Gasteiger partial charge >= 0.3 is 5.97 Å². The predicted octanol–water partition coefficient (Wildman–Crippen LogP) is 3.16. The fourth-order valence-electron chi connectivity index (χ4n) is 2.24. The molecule has 0 heterocycles. The van der Waals surface area contributed by atoms with Crippen molar-refractivity contribution in [1.29, 1.82) is 0 Å². The van der Waals surface area contributed by atoms with Crippen molar-refractivity contribution in [3.8, 4) is 0 Å². The lowest BCUT2D eigenvalue weighted by Gasteiger charge is -2.09. The fourth-order valence-corrected chi connectivity index (χ4v) is 2.24. The Morgan fingerprint density at radius 1 is 1.09 bits per heavy atom. The molecule has 2 N–H and O–H groups in total. The zero-order chi connectivity index (χ0) is 17.1. The fraction of sp³-hybridized carbons (Fsp3) is 0.125. The van der Waals surface area contributed by atoms with Gasteiger partial charge < -0.3 is 10.4 Å². The number of non-ortho nitro benzene ring substituents is 1. The minimum absolute atomic E-state index is 0.115. The summed E-state index contributed by atoms with van der Waals surface area (Å²) < 4.78 is 0. The molecule has 0 aliphatic carbocycles. The SMILES string of the molecule is Cc1cc(C)cc(C(=O)Nc2cc([N+](=O)[O-])ccc2C(=O)O)c1. The normalized spacial score (nSPS) is 10.2. The Morgan fingerprint density at radius 2 is 1.70 bits per heavy atom. The van der Waals surface area contributed by atoms with Gasteiger partial charge in [0, 0.05) is 17.7 Å². The van der Waals surface area contributed by atoms with Gasteiger partial charge in [-0.25, -0.2) is 4.79 Å². The number of carboxylic acids is 1. The Kier molecular flexibility index (Phi) is 4.40. The third-order valence-electron chi connectivity index (χ3n) is 3.18. The van der Waals surface area contributed by atoms with Gasteiger partial charge in [0.25, 0.3) is 11.6 Å². The molecule has 7 heteroatoms. The van der Waals surface area contributed by atoms with E-state index in [1.165, 1.54) is 0 Å². The second-order valence-electron chi connectivity index (χ2n) is 5.12. The molecule has 0 saturated heterocycles. The average Bonchev–Trinajstić information content (AvgIpc) is 2.45. The van der Waals surface area contributed by atoms with Crippen LogP contribution in [0.5, 0.6) is 0 Å². The van der Waals surface area contributed by atoms with Crippen molar-refractivity contribution < 1.29 is 19.6 Å². The average molecular weight is 314 g/mol. The van der Waals surface area contributed by atoms with Crippen LogP contribution in [0, 0.1) is 24.0 Å². The molecule has 0 aliphatic rings. The van der Waals surface area contributed by atoms with Crippen LogP contribution in [-0.4, -0.2) is 21.9 Å². The Hall–Kier alpha value is -3.22. The van der Waals surface area contributed by atoms with E-state index in [0.29, 0.717) is 5.56 Å². The molecular weight excluding hydrogens is 300 g/mol. The van der Waals surface area contributed by atoms with Crippen LogP contribution >= 0.6 is 0 Å². The second kappa shape index (κ2) is 6.27. The van der Waals surface area contributed by atoms with Gasteiger partial charge in [0.1, 0.15) is 0 Å². The van der Waals surface area contributed by atoms with Gasteiger partial charge in [0.2, 0.25) is 0 Å². The third-order valence-corrected chi connectivity index (χ3v) is 3.18. The molecule has 23 heavy (non-hydrogen) atoms. The van der Waals surface area contributed by atoms with Crippen molar-refractivity contribution in [2.75, 3.05) is 5.32 Å². The predicted molar refractivity (Wildman–Crippen MR) is 83.9 cm³/mol. The van der Waals surface area contributed by atoms with Crippen LogP contribution in [-0.2, 0) is 0 Å². The Bertz CT molecular complexity index is 794. The van der Waals surface area contributed by atoms with E-state index >= 15 is 0 Å². The van der Waals surface area contributed by atoms with E-state index in [2.05, 4.69) is 5.32 Å². The summed E-state index contributed by atoms with van der Waals surface area (Å²) in [6.07, 6.45) is 0. The lowest BCUT2D eigenvalue weighted by Crippen LogP contribution is -2.15. The van der Waals surface area contributed by atoms with E-state index in [1.54, 1.807) is 12.1 Å². The highest BCUT2D eigenvalue weighted by Gasteiger charge is 2.18. The van der Waals surface area contributed by atoms with Gasteiger partial charge in [-0.1, -0.05) is 17.2 Å². The van der Waals surface area contributed by atoms with Crippen LogP contribution in [0.4, 0.5) is 11.4 Å². The van der Waals surface area contributed by atoms with Crippen molar-refractivity contribution in [1.82, 2.24) is 0 Å². The van der Waals surface area contributed by atoms with E-state index < -0.39 is 16.8 Å². The van der Waals surface area contributed by atoms with E-state index in [9.17, 15) is 19.7 Å². The van der Waals surface area contributed by atoms with Gasteiger partial charge in [-0.05, 0) is 32.0 Å². The molecule has 7 nitrogen and oxygen atoms in total. The molecule has 0 unspecified atom stereocenters. The number of anilines is 1. The molecule has 2 rings (SSSR count). The number of aryl methyl sites for hydroxylation is 2. The van der Waals surface area contributed by atoms with Crippen LogP contribution < -0.4 is 5.32 Å². The van der Waals surface area contributed by atoms with Crippen molar-refractivity contribution >= 4 is 23.3 Å². The minimum atomic E-state index is -1.28. The number of nitro groups is 1. The number of carbonyl (C=O) groups is 2. The van der Waals surface area contributed by atoms with E-state index in [4.69, 9.17) is 5.11 Å². The highest BCUT2D eigenvalue weighted by molar-refractivity contribution is 6.08. The van der Waals surface area contributed by atoms with Crippen molar-refractivity contribution in [2.24, 2.45) is 0 Å². The molecular formula is C16H14N2O5. The summed E-state index contributed by atoms with van der Waals surface area (Å²) in [6.45, 7) is 3.67. The first-order valence-electron chi connectivity index (χ1n) is 6.69. The minimum Gasteiger partial charge on any atom is -0.478 e. The van der Waals surface area contributed by atoms with E-state index in [0.717, 1.165) is 29.3 Å². The Balaban J connectivity index is 2.41. The molecule has 0 atom stereocenters. The molecule has 0 radical (unpaired) electrons. The van der Waals surface area contributed by atoms with Crippen LogP contribution in [0.2, 0.25) is 0 Å². The third kappa shape index (κ3) is 3.70. The second-order valence-corrected chi connectivity index (χ2v) is 5.12. The number of benzene rings is 2. The summed E-state index contributed by atoms with van der Waals surface area (Å²) >= 11 is 0. The Morgan fingerprint density at radius 3 is 2.22 bits per heavy atom. The van der Waals surface area contributed by atoms with Crippen LogP contribution in [0.3, 0.4) is 0 Å². The van der Waals surface area contributed by atoms with Crippen molar-refractivity contribution in [3.05, 3.63) is 68.8 Å². The number of nitro benzene ring substituents is 1. The zero-order valence-corrected chi connectivity index (χ0v) is 12.5. The van der Waals surface area contributed by atoms with Crippen LogP contribution in [0.15, 0.2) is 36.4 Å². The monoisotopic (exact) mass is 314 g/mol. The highest BCUT2D eigenvalue weighted by atomic mass is 16.6. The molecule has 0 fully saturated rings. The standard InChI is InChI=1S/C16H14N2O5/c1-9-5-10(2)7-11(6-9)15(19)17-14-8-12(18(22)23)3-4-13(14)16(20)21/h3-8H,1-2H3,(H,17,19)(H,20,21). The molecule has 0 aliphatic heterocycles. The molecule has 0 spiro atoms. The first-order valence-corrected chi connectivity index (χ1v) is 6.69. The number of hydrogen-bond acceptors (Lipinski definition) is 4. The zero-order valence-electron chi connectivity index (χ0n) is 12.5. The van der Waals surface area contributed by atoms with Gasteiger partial charge in [-0.15, -0.1) is 0 Å². The topological polar surface area (TPSA) is 110 Å². The Labute approximate surface area is 131 Å². The number of rotatable bonds is 4. The number of nitrogens with zero attached hydrogens (tertiary/aromatic N) is 1. The summed E-state index contributed by atoms with van der Waals surface area (Å²) in [4.78, 5) is 33.7. The van der Waals surface area contributed by atoms with Crippen LogP contribution in [0.25, 0.3) is 0 Å². The maximum Gasteiger partial charge on any atom is 0.337 e. The molecule has 0 aromatic heterocycles. The number of nitrogens with one attached hydrogen (secondary N) is 1. The van der Waals surface area contributed by atoms with Gasteiger partial charge in [0.15, 0.2) is 0 Å². The van der Waals surface area contributed by atoms with Crippen molar-refractivity contribution in [3.63, 3.8) is 0 Å². The molecule has 2 aromatic rings. The summed E-state index contributed by atoms with van der Waals surface area (Å²) in [7, 11) is 0. The maximum atomic E-state index is 12.3. The quantitative estimate of drug-likeness (QED) is 0.665. The molecule has 0 saturated carbocycles. The number of carboxylic acid groups (broad SMARTS) is 1. The number of amides is 1. The largest absolute Gasteiger partial charge is 0.478 e. The van der Waals surface area contributed by atoms with Crippen LogP contribution in [0.1, 0.15) is 31.8 Å². The maximum absolute atomic E-state index is 12.3. The lowest BCUT2D eigenvalue weighted by molar-refractivity contribution is -0.384. The van der Waals surface area contributed by atoms with Crippen molar-refractivity contribution in [2.45, 2.75) is 13.8 Å². The first-order chi connectivity index (χ1) is 10.8. The molecule has 0 bridgehead atoms. The molecule has 2 aromatic carbocycles. The smallest absolute Gasteiger partial charge is 0.337 e. The van der Waals surface area contributed by atoms with E-state index in [1.807, 2.05) is 19.9 Å². The summed E-state index contributed by atoms with van der Waals surface area (Å²) in [5.74, 6) is -1.81. The first kappa shape index (κ1) is 16.2.